The first-order valence-electron chi connectivity index (χ1n) is 11.4. The number of carbonyl (C=O) groups excluding carboxylic acids is 3. The van der Waals surface area contributed by atoms with Crippen molar-refractivity contribution >= 4 is 42.6 Å². The maximum absolute atomic E-state index is 12.8. The van der Waals surface area contributed by atoms with E-state index in [1.165, 1.54) is 18.9 Å². The first-order valence-corrected chi connectivity index (χ1v) is 16.8. The van der Waals surface area contributed by atoms with Crippen LogP contribution >= 0.6 is 0 Å². The largest absolute Gasteiger partial charge is 0.444 e. The number of aryl methyl sites for hydroxylation is 1. The van der Waals surface area contributed by atoms with Crippen molar-refractivity contribution in [3.8, 4) is 11.6 Å². The van der Waals surface area contributed by atoms with E-state index in [1.54, 1.807) is 27.7 Å². The summed E-state index contributed by atoms with van der Waals surface area (Å²) in [5.41, 5.74) is -0.896. The van der Waals surface area contributed by atoms with Crippen LogP contribution < -0.4 is 8.37 Å². The summed E-state index contributed by atoms with van der Waals surface area (Å²) in [5, 5.41) is 0. The molecule has 230 valence electrons. The Hall–Kier alpha value is -2.86. The van der Waals surface area contributed by atoms with Gasteiger partial charge in [-0.25, -0.2) is 9.78 Å². The zero-order valence-electron chi connectivity index (χ0n) is 23.6. The molecule has 2 atom stereocenters. The van der Waals surface area contributed by atoms with Gasteiger partial charge in [0.25, 0.3) is 16.0 Å². The molecule has 0 N–H and O–H groups in total. The lowest BCUT2D eigenvalue weighted by Gasteiger charge is -2.30. The van der Waals surface area contributed by atoms with Crippen molar-refractivity contribution in [1.82, 2.24) is 14.9 Å². The maximum atomic E-state index is 12.8. The van der Waals surface area contributed by atoms with Gasteiger partial charge in [0, 0.05) is 7.05 Å². The van der Waals surface area contributed by atoms with Crippen LogP contribution in [0.4, 0.5) is 4.79 Å². The summed E-state index contributed by atoms with van der Waals surface area (Å²) in [4.78, 5) is 38.6. The molecule has 1 heterocycles. The summed E-state index contributed by atoms with van der Waals surface area (Å²) in [6.07, 6.45) is 2.08. The fourth-order valence-electron chi connectivity index (χ4n) is 3.06. The molecular weight excluding hydrogens is 598 g/mol. The van der Waals surface area contributed by atoms with E-state index < -0.39 is 65.8 Å². The number of nitrogens with zero attached hydrogens (tertiary/aromatic N) is 3. The first kappa shape index (κ1) is 37.1. The van der Waals surface area contributed by atoms with Gasteiger partial charge in [0.05, 0.1) is 36.6 Å². The Kier molecular flexibility index (Phi) is 13.6. The van der Waals surface area contributed by atoms with Crippen LogP contribution in [0.3, 0.4) is 0 Å². The number of aromatic nitrogens is 2. The standard InChI is InChI=1S/C20H35N3O11S3.CO2/c1-13(32-35(7,25)26)11-10-12-15(23(6)19(24)31-20(3,4)5)17-21-14(2)16(33-36(8,27)28)18(22-17)34-37(9,29)30;2-1-3/h13,15H,10-12H2,1-9H3;. The van der Waals surface area contributed by atoms with Gasteiger partial charge in [0.1, 0.15) is 5.60 Å². The van der Waals surface area contributed by atoms with E-state index in [4.69, 9.17) is 26.9 Å². The molecule has 0 aliphatic rings. The quantitative estimate of drug-likeness (QED) is 0.296. The maximum Gasteiger partial charge on any atom is 0.410 e. The molecule has 0 saturated carbocycles. The molecule has 1 aromatic heterocycles. The van der Waals surface area contributed by atoms with Crippen LogP contribution in [0.15, 0.2) is 0 Å². The fourth-order valence-corrected chi connectivity index (χ4v) is 4.64. The summed E-state index contributed by atoms with van der Waals surface area (Å²) < 4.78 is 90.0. The average molecular weight is 634 g/mol. The lowest BCUT2D eigenvalue weighted by Crippen LogP contribution is -2.37. The number of amides is 1. The van der Waals surface area contributed by atoms with Crippen LogP contribution in [-0.4, -0.2) is 89.9 Å². The molecular formula is C21H35N3O13S3. The topological polar surface area (TPSA) is 220 Å². The molecule has 0 saturated heterocycles. The Morgan fingerprint density at radius 3 is 1.85 bits per heavy atom. The van der Waals surface area contributed by atoms with Crippen molar-refractivity contribution in [1.29, 1.82) is 0 Å². The third-order valence-corrected chi connectivity index (χ3v) is 5.97. The van der Waals surface area contributed by atoms with Crippen molar-refractivity contribution < 1.29 is 56.9 Å². The van der Waals surface area contributed by atoms with Crippen molar-refractivity contribution in [2.75, 3.05) is 25.8 Å². The Bertz CT molecular complexity index is 1380. The van der Waals surface area contributed by atoms with E-state index in [0.717, 1.165) is 18.8 Å². The van der Waals surface area contributed by atoms with Crippen molar-refractivity contribution in [2.24, 2.45) is 0 Å². The van der Waals surface area contributed by atoms with E-state index >= 15 is 0 Å². The Morgan fingerprint density at radius 1 is 0.925 bits per heavy atom. The van der Waals surface area contributed by atoms with E-state index in [1.807, 2.05) is 0 Å². The molecule has 0 aliphatic carbocycles. The average Bonchev–Trinajstić information content (AvgIpc) is 2.69. The van der Waals surface area contributed by atoms with Gasteiger partial charge in [-0.1, -0.05) is 0 Å². The SMILES string of the molecule is Cc1nc(C(CCCC(C)OS(C)(=O)=O)N(C)C(=O)OC(C)(C)C)nc(OS(C)(=O)=O)c1OS(C)(=O)=O.O=C=O. The molecule has 1 amide bonds. The van der Waals surface area contributed by atoms with Gasteiger partial charge in [-0.15, -0.1) is 0 Å². The van der Waals surface area contributed by atoms with Gasteiger partial charge >= 0.3 is 32.5 Å². The molecule has 0 radical (unpaired) electrons. The zero-order valence-corrected chi connectivity index (χ0v) is 26.1. The van der Waals surface area contributed by atoms with Crippen molar-refractivity contribution in [3.63, 3.8) is 0 Å². The molecule has 2 unspecified atom stereocenters. The van der Waals surface area contributed by atoms with Crippen LogP contribution in [0.1, 0.15) is 64.5 Å². The Balaban J connectivity index is 0.00000483. The predicted molar refractivity (Wildman–Crippen MR) is 139 cm³/mol. The highest BCUT2D eigenvalue weighted by atomic mass is 32.2. The number of rotatable bonds is 12. The highest BCUT2D eigenvalue weighted by Crippen LogP contribution is 2.34. The third kappa shape index (κ3) is 15.7. The van der Waals surface area contributed by atoms with Crippen molar-refractivity contribution in [3.05, 3.63) is 11.5 Å². The van der Waals surface area contributed by atoms with Gasteiger partial charge in [-0.05, 0) is 53.9 Å². The highest BCUT2D eigenvalue weighted by molar-refractivity contribution is 7.86. The summed E-state index contributed by atoms with van der Waals surface area (Å²) in [5.74, 6) is -1.28. The second kappa shape index (κ2) is 14.7. The number of ether oxygens (including phenoxy) is 1. The number of hydrogen-bond donors (Lipinski definition) is 0. The van der Waals surface area contributed by atoms with Crippen LogP contribution in [-0.2, 0) is 48.9 Å². The molecule has 1 rings (SSSR count). The van der Waals surface area contributed by atoms with Gasteiger partial charge < -0.3 is 18.0 Å². The minimum absolute atomic E-state index is 0.0644. The molecule has 19 heteroatoms. The van der Waals surface area contributed by atoms with E-state index in [9.17, 15) is 30.0 Å². The fraction of sp³-hybridized carbons (Fsp3) is 0.714. The molecule has 0 spiro atoms. The van der Waals surface area contributed by atoms with Gasteiger partial charge in [-0.3, -0.25) is 4.18 Å². The summed E-state index contributed by atoms with van der Waals surface area (Å²) in [7, 11) is -10.5. The van der Waals surface area contributed by atoms with E-state index in [-0.39, 0.29) is 30.5 Å². The van der Waals surface area contributed by atoms with Gasteiger partial charge in [0.15, 0.2) is 5.82 Å². The van der Waals surface area contributed by atoms with E-state index in [0.29, 0.717) is 6.42 Å². The van der Waals surface area contributed by atoms with Gasteiger partial charge in [-0.2, -0.15) is 39.8 Å². The summed E-state index contributed by atoms with van der Waals surface area (Å²) in [6, 6.07) is -0.909. The predicted octanol–water partition coefficient (Wildman–Crippen LogP) is 1.32. The number of hydrogen-bond acceptors (Lipinski definition) is 15. The zero-order chi connectivity index (χ0) is 31.7. The Labute approximate surface area is 234 Å². The minimum Gasteiger partial charge on any atom is -0.444 e. The van der Waals surface area contributed by atoms with Crippen LogP contribution in [0.5, 0.6) is 11.6 Å². The molecule has 0 aromatic carbocycles. The second-order valence-electron chi connectivity index (χ2n) is 9.61. The van der Waals surface area contributed by atoms with E-state index in [2.05, 4.69) is 9.97 Å². The van der Waals surface area contributed by atoms with Gasteiger partial charge in [0.2, 0.25) is 5.75 Å². The third-order valence-electron chi connectivity index (χ3n) is 4.36. The number of carbonyl (C=O) groups is 1. The van der Waals surface area contributed by atoms with Crippen LogP contribution in [0, 0.1) is 6.92 Å². The van der Waals surface area contributed by atoms with Crippen LogP contribution in [0.25, 0.3) is 0 Å². The molecule has 0 bridgehead atoms. The lowest BCUT2D eigenvalue weighted by atomic mass is 10.1. The molecule has 0 fully saturated rings. The summed E-state index contributed by atoms with van der Waals surface area (Å²) in [6.45, 7) is 7.95. The first-order chi connectivity index (χ1) is 17.9. The summed E-state index contributed by atoms with van der Waals surface area (Å²) >= 11 is 0. The van der Waals surface area contributed by atoms with Crippen molar-refractivity contribution in [2.45, 2.75) is 71.6 Å². The molecule has 0 aliphatic heterocycles. The molecule has 16 nitrogen and oxygen atoms in total. The molecule has 1 aromatic rings. The smallest absolute Gasteiger partial charge is 0.410 e. The molecule has 40 heavy (non-hydrogen) atoms. The lowest BCUT2D eigenvalue weighted by molar-refractivity contribution is -0.191. The normalized spacial score (nSPS) is 13.6. The highest BCUT2D eigenvalue weighted by Gasteiger charge is 2.31. The minimum atomic E-state index is -4.16. The Morgan fingerprint density at radius 2 is 1.43 bits per heavy atom. The van der Waals surface area contributed by atoms with Crippen LogP contribution in [0.2, 0.25) is 0 Å². The second-order valence-corrected chi connectivity index (χ2v) is 14.4. The monoisotopic (exact) mass is 633 g/mol.